The van der Waals surface area contributed by atoms with Crippen LogP contribution in [0, 0.1) is 11.3 Å². The lowest BCUT2D eigenvalue weighted by molar-refractivity contribution is -0.154. The number of nitrogens with zero attached hydrogens (tertiary/aromatic N) is 1. The summed E-state index contributed by atoms with van der Waals surface area (Å²) in [6.45, 7) is 5.10. The van der Waals surface area contributed by atoms with E-state index in [9.17, 15) is 18.0 Å². The molecule has 0 bridgehead atoms. The first kappa shape index (κ1) is 18.0. The number of hydrogen-bond acceptors (Lipinski definition) is 3. The predicted molar refractivity (Wildman–Crippen MR) is 74.9 cm³/mol. The number of halogens is 3. The van der Waals surface area contributed by atoms with Crippen LogP contribution in [0.15, 0.2) is 24.3 Å². The van der Waals surface area contributed by atoms with Crippen LogP contribution in [0.2, 0.25) is 0 Å². The molecule has 22 heavy (non-hydrogen) atoms. The zero-order valence-corrected chi connectivity index (χ0v) is 12.7. The van der Waals surface area contributed by atoms with Crippen LogP contribution in [-0.2, 0) is 15.7 Å². The zero-order chi connectivity index (χ0) is 17.0. The number of nitriles is 1. The second kappa shape index (κ2) is 6.82. The predicted octanol–water partition coefficient (Wildman–Crippen LogP) is 4.43. The molecule has 0 heterocycles. The minimum atomic E-state index is -4.53. The van der Waals surface area contributed by atoms with Crippen molar-refractivity contribution in [3.63, 3.8) is 0 Å². The van der Waals surface area contributed by atoms with E-state index in [4.69, 9.17) is 10.00 Å². The summed E-state index contributed by atoms with van der Waals surface area (Å²) in [5, 5.41) is 9.15. The lowest BCUT2D eigenvalue weighted by Crippen LogP contribution is -2.24. The third kappa shape index (κ3) is 5.40. The summed E-state index contributed by atoms with van der Waals surface area (Å²) in [7, 11) is 0. The highest BCUT2D eigenvalue weighted by Gasteiger charge is 2.35. The number of carbonyl (C=O) groups is 1. The summed E-state index contributed by atoms with van der Waals surface area (Å²) < 4.78 is 44.0. The normalized spacial score (nSPS) is 13.3. The van der Waals surface area contributed by atoms with Crippen molar-refractivity contribution in [1.82, 2.24) is 0 Å². The summed E-state index contributed by atoms with van der Waals surface area (Å²) >= 11 is 0. The standard InChI is InChI=1S/C16H18F3NO2/c1-15(2,3)22-14(21)9-8-11(10-20)12-6-4-5-7-13(12)16(17,18)19/h4-7,11H,8-9H2,1-3H3. The molecule has 120 valence electrons. The van der Waals surface area contributed by atoms with Crippen molar-refractivity contribution in [1.29, 1.82) is 5.26 Å². The van der Waals surface area contributed by atoms with Crippen LogP contribution in [0.5, 0.6) is 0 Å². The third-order valence-electron chi connectivity index (χ3n) is 2.85. The molecule has 0 amide bonds. The average molecular weight is 313 g/mol. The molecule has 0 aromatic heterocycles. The molecule has 1 unspecified atom stereocenters. The molecule has 1 rings (SSSR count). The van der Waals surface area contributed by atoms with Gasteiger partial charge in [-0.25, -0.2) is 0 Å². The van der Waals surface area contributed by atoms with Crippen molar-refractivity contribution < 1.29 is 22.7 Å². The summed E-state index contributed by atoms with van der Waals surface area (Å²) in [6.07, 6.45) is -4.65. The molecule has 0 radical (unpaired) electrons. The van der Waals surface area contributed by atoms with E-state index in [-0.39, 0.29) is 18.4 Å². The second-order valence-electron chi connectivity index (χ2n) is 5.89. The van der Waals surface area contributed by atoms with Crippen molar-refractivity contribution >= 4 is 5.97 Å². The van der Waals surface area contributed by atoms with Gasteiger partial charge in [0.15, 0.2) is 0 Å². The fourth-order valence-corrected chi connectivity index (χ4v) is 2.00. The zero-order valence-electron chi connectivity index (χ0n) is 12.7. The number of alkyl halides is 3. The van der Waals surface area contributed by atoms with Crippen LogP contribution in [0.4, 0.5) is 13.2 Å². The molecule has 0 saturated heterocycles. The maximum absolute atomic E-state index is 13.0. The largest absolute Gasteiger partial charge is 0.460 e. The Balaban J connectivity index is 2.87. The van der Waals surface area contributed by atoms with Crippen molar-refractivity contribution in [2.45, 2.75) is 51.3 Å². The molecule has 1 atom stereocenters. The molecule has 0 aliphatic rings. The molecule has 1 aromatic carbocycles. The van der Waals surface area contributed by atoms with Gasteiger partial charge in [0.1, 0.15) is 5.60 Å². The monoisotopic (exact) mass is 313 g/mol. The van der Waals surface area contributed by atoms with Gasteiger partial charge in [0, 0.05) is 6.42 Å². The number of carbonyl (C=O) groups excluding carboxylic acids is 1. The number of hydrogen-bond donors (Lipinski definition) is 0. The highest BCUT2D eigenvalue weighted by atomic mass is 19.4. The maximum atomic E-state index is 13.0. The van der Waals surface area contributed by atoms with Crippen LogP contribution >= 0.6 is 0 Å². The Bertz CT molecular complexity index is 568. The van der Waals surface area contributed by atoms with Gasteiger partial charge in [-0.2, -0.15) is 18.4 Å². The first-order valence-electron chi connectivity index (χ1n) is 6.82. The van der Waals surface area contributed by atoms with Crippen LogP contribution in [-0.4, -0.2) is 11.6 Å². The summed E-state index contributed by atoms with van der Waals surface area (Å²) in [5.74, 6) is -1.54. The Hall–Kier alpha value is -2.03. The van der Waals surface area contributed by atoms with E-state index >= 15 is 0 Å². The van der Waals surface area contributed by atoms with Gasteiger partial charge in [0.05, 0.1) is 17.6 Å². The Morgan fingerprint density at radius 3 is 2.36 bits per heavy atom. The molecule has 0 saturated carbocycles. The van der Waals surface area contributed by atoms with E-state index in [0.29, 0.717) is 0 Å². The van der Waals surface area contributed by atoms with E-state index in [0.717, 1.165) is 6.07 Å². The molecule has 6 heteroatoms. The van der Waals surface area contributed by atoms with E-state index in [1.54, 1.807) is 20.8 Å². The number of rotatable bonds is 4. The highest BCUT2D eigenvalue weighted by molar-refractivity contribution is 5.70. The Morgan fingerprint density at radius 1 is 1.27 bits per heavy atom. The van der Waals surface area contributed by atoms with E-state index < -0.39 is 29.2 Å². The van der Waals surface area contributed by atoms with Gasteiger partial charge in [-0.15, -0.1) is 0 Å². The summed E-state index contributed by atoms with van der Waals surface area (Å²) in [4.78, 5) is 11.6. The molecular weight excluding hydrogens is 295 g/mol. The van der Waals surface area contributed by atoms with Gasteiger partial charge in [0.2, 0.25) is 0 Å². The number of ether oxygens (including phenoxy) is 1. The molecule has 1 aromatic rings. The minimum absolute atomic E-state index is 0.0154. The lowest BCUT2D eigenvalue weighted by atomic mass is 9.91. The van der Waals surface area contributed by atoms with Crippen molar-refractivity contribution in [3.05, 3.63) is 35.4 Å². The van der Waals surface area contributed by atoms with E-state index in [1.165, 1.54) is 18.2 Å². The van der Waals surface area contributed by atoms with Crippen molar-refractivity contribution in [2.24, 2.45) is 0 Å². The van der Waals surface area contributed by atoms with Gasteiger partial charge < -0.3 is 4.74 Å². The van der Waals surface area contributed by atoms with Gasteiger partial charge in [0.25, 0.3) is 0 Å². The summed E-state index contributed by atoms with van der Waals surface area (Å²) in [5.41, 5.74) is -1.62. The minimum Gasteiger partial charge on any atom is -0.460 e. The molecule has 0 aliphatic carbocycles. The average Bonchev–Trinajstić information content (AvgIpc) is 2.36. The van der Waals surface area contributed by atoms with Crippen LogP contribution in [0.25, 0.3) is 0 Å². The van der Waals surface area contributed by atoms with Crippen molar-refractivity contribution in [2.75, 3.05) is 0 Å². The highest BCUT2D eigenvalue weighted by Crippen LogP contribution is 2.36. The maximum Gasteiger partial charge on any atom is 0.416 e. The quantitative estimate of drug-likeness (QED) is 0.772. The number of esters is 1. The van der Waals surface area contributed by atoms with Gasteiger partial charge in [-0.3, -0.25) is 4.79 Å². The third-order valence-corrected chi connectivity index (χ3v) is 2.85. The smallest absolute Gasteiger partial charge is 0.416 e. The van der Waals surface area contributed by atoms with Crippen LogP contribution < -0.4 is 0 Å². The fourth-order valence-electron chi connectivity index (χ4n) is 2.00. The Morgan fingerprint density at radius 2 is 1.86 bits per heavy atom. The van der Waals surface area contributed by atoms with E-state index in [1.807, 2.05) is 6.07 Å². The van der Waals surface area contributed by atoms with E-state index in [2.05, 4.69) is 0 Å². The van der Waals surface area contributed by atoms with Crippen LogP contribution in [0.3, 0.4) is 0 Å². The number of benzene rings is 1. The fraction of sp³-hybridized carbons (Fsp3) is 0.500. The molecule has 0 aliphatic heterocycles. The second-order valence-corrected chi connectivity index (χ2v) is 5.89. The SMILES string of the molecule is CC(C)(C)OC(=O)CCC(C#N)c1ccccc1C(F)(F)F. The molecule has 3 nitrogen and oxygen atoms in total. The summed E-state index contributed by atoms with van der Waals surface area (Å²) in [6, 6.07) is 6.77. The molecule has 0 N–H and O–H groups in total. The molecule has 0 spiro atoms. The lowest BCUT2D eigenvalue weighted by Gasteiger charge is -2.20. The molecular formula is C16H18F3NO2. The topological polar surface area (TPSA) is 50.1 Å². The Kier molecular flexibility index (Phi) is 5.59. The first-order valence-corrected chi connectivity index (χ1v) is 6.82. The van der Waals surface area contributed by atoms with Crippen LogP contribution in [0.1, 0.15) is 50.7 Å². The van der Waals surface area contributed by atoms with Gasteiger partial charge in [-0.1, -0.05) is 18.2 Å². The van der Waals surface area contributed by atoms with Gasteiger partial charge >= 0.3 is 12.1 Å². The Labute approximate surface area is 127 Å². The van der Waals surface area contributed by atoms with Crippen molar-refractivity contribution in [3.8, 4) is 6.07 Å². The molecule has 0 fully saturated rings. The van der Waals surface area contributed by atoms with Gasteiger partial charge in [-0.05, 0) is 38.8 Å². The first-order chi connectivity index (χ1) is 10.0.